The Morgan fingerprint density at radius 2 is 1.71 bits per heavy atom. The van der Waals surface area contributed by atoms with Gasteiger partial charge in [-0.1, -0.05) is 30.3 Å². The zero-order chi connectivity index (χ0) is 12.4. The highest BCUT2D eigenvalue weighted by Crippen LogP contribution is 2.27. The van der Waals surface area contributed by atoms with Gasteiger partial charge in [-0.15, -0.1) is 0 Å². The van der Waals surface area contributed by atoms with Crippen LogP contribution in [-0.4, -0.2) is 11.7 Å². The molecule has 2 aromatic carbocycles. The first-order chi connectivity index (χ1) is 8.09. The van der Waals surface area contributed by atoms with Crippen LogP contribution in [0.15, 0.2) is 36.4 Å². The van der Waals surface area contributed by atoms with Gasteiger partial charge in [0.05, 0.1) is 5.69 Å². The topological polar surface area (TPSA) is 46.2 Å². The molecule has 0 aliphatic rings. The summed E-state index contributed by atoms with van der Waals surface area (Å²) in [6.45, 7) is 2.93. The minimum atomic E-state index is -0.177. The average molecular weight is 227 g/mol. The summed E-state index contributed by atoms with van der Waals surface area (Å²) in [7, 11) is 0. The molecule has 0 saturated carbocycles. The summed E-state index contributed by atoms with van der Waals surface area (Å²) >= 11 is 0. The van der Waals surface area contributed by atoms with Gasteiger partial charge in [0.25, 0.3) is 0 Å². The van der Waals surface area contributed by atoms with E-state index < -0.39 is 0 Å². The molecule has 0 aromatic heterocycles. The summed E-state index contributed by atoms with van der Waals surface area (Å²) in [5, 5.41) is 4.62. The van der Waals surface area contributed by atoms with Crippen LogP contribution in [0.3, 0.4) is 0 Å². The number of fused-ring (bicyclic) bond motifs is 1. The number of nitrogens with one attached hydrogen (secondary N) is 1. The van der Waals surface area contributed by atoms with E-state index in [1.807, 2.05) is 30.3 Å². The summed E-state index contributed by atoms with van der Waals surface area (Å²) in [4.78, 5) is 22.7. The highest BCUT2D eigenvalue weighted by molar-refractivity contribution is 6.12. The maximum absolute atomic E-state index is 11.5. The fourth-order valence-electron chi connectivity index (χ4n) is 1.88. The van der Waals surface area contributed by atoms with E-state index in [1.54, 1.807) is 6.07 Å². The van der Waals surface area contributed by atoms with Crippen molar-refractivity contribution in [2.45, 2.75) is 13.8 Å². The summed E-state index contributed by atoms with van der Waals surface area (Å²) in [6.07, 6.45) is 0. The molecule has 86 valence electrons. The Labute approximate surface area is 99.4 Å². The second-order valence-corrected chi connectivity index (χ2v) is 3.95. The van der Waals surface area contributed by atoms with Crippen LogP contribution in [0.1, 0.15) is 24.2 Å². The lowest BCUT2D eigenvalue weighted by Crippen LogP contribution is -2.10. The predicted molar refractivity (Wildman–Crippen MR) is 68.3 cm³/mol. The Hall–Kier alpha value is -2.16. The van der Waals surface area contributed by atoms with Gasteiger partial charge in [-0.3, -0.25) is 9.59 Å². The van der Waals surface area contributed by atoms with Crippen LogP contribution in [-0.2, 0) is 4.79 Å². The van der Waals surface area contributed by atoms with Crippen molar-refractivity contribution in [2.75, 3.05) is 5.32 Å². The fourth-order valence-corrected chi connectivity index (χ4v) is 1.88. The van der Waals surface area contributed by atoms with Crippen LogP contribution in [0.4, 0.5) is 5.69 Å². The molecule has 0 heterocycles. The first-order valence-electron chi connectivity index (χ1n) is 5.40. The van der Waals surface area contributed by atoms with Crippen molar-refractivity contribution in [1.29, 1.82) is 0 Å². The van der Waals surface area contributed by atoms with Crippen LogP contribution >= 0.6 is 0 Å². The second kappa shape index (κ2) is 4.37. The van der Waals surface area contributed by atoms with Gasteiger partial charge in [-0.05, 0) is 18.4 Å². The highest BCUT2D eigenvalue weighted by Gasteiger charge is 2.11. The van der Waals surface area contributed by atoms with Gasteiger partial charge < -0.3 is 5.32 Å². The number of rotatable bonds is 2. The minimum absolute atomic E-state index is 0.0560. The SMILES string of the molecule is CC(=O)Nc1c(C(C)=O)ccc2ccccc12. The molecule has 0 aliphatic heterocycles. The van der Waals surface area contributed by atoms with Crippen LogP contribution < -0.4 is 5.32 Å². The summed E-state index contributed by atoms with van der Waals surface area (Å²) in [5.74, 6) is -0.233. The van der Waals surface area contributed by atoms with Crippen molar-refractivity contribution < 1.29 is 9.59 Å². The van der Waals surface area contributed by atoms with Crippen molar-refractivity contribution in [3.63, 3.8) is 0 Å². The second-order valence-electron chi connectivity index (χ2n) is 3.95. The van der Waals surface area contributed by atoms with Gasteiger partial charge in [0.15, 0.2) is 5.78 Å². The van der Waals surface area contributed by atoms with Gasteiger partial charge in [0, 0.05) is 17.9 Å². The molecule has 3 nitrogen and oxygen atoms in total. The summed E-state index contributed by atoms with van der Waals surface area (Å²) in [5.41, 5.74) is 1.14. The van der Waals surface area contributed by atoms with E-state index in [4.69, 9.17) is 0 Å². The van der Waals surface area contributed by atoms with Gasteiger partial charge in [-0.25, -0.2) is 0 Å². The highest BCUT2D eigenvalue weighted by atomic mass is 16.1. The molecule has 0 bridgehead atoms. The van der Waals surface area contributed by atoms with Crippen molar-refractivity contribution in [3.8, 4) is 0 Å². The molecule has 17 heavy (non-hydrogen) atoms. The molecule has 0 unspecified atom stereocenters. The number of carbonyl (C=O) groups excluding carboxylic acids is 2. The maximum atomic E-state index is 11.5. The fraction of sp³-hybridized carbons (Fsp3) is 0.143. The average Bonchev–Trinajstić information content (AvgIpc) is 2.28. The molecule has 0 atom stereocenters. The lowest BCUT2D eigenvalue weighted by Gasteiger charge is -2.11. The Morgan fingerprint density at radius 3 is 2.35 bits per heavy atom. The van der Waals surface area contributed by atoms with E-state index in [-0.39, 0.29) is 11.7 Å². The van der Waals surface area contributed by atoms with Crippen LogP contribution in [0.25, 0.3) is 10.8 Å². The molecule has 0 aliphatic carbocycles. The Kier molecular flexibility index (Phi) is 2.91. The maximum Gasteiger partial charge on any atom is 0.221 e. The number of hydrogen-bond acceptors (Lipinski definition) is 2. The largest absolute Gasteiger partial charge is 0.325 e. The predicted octanol–water partition coefficient (Wildman–Crippen LogP) is 3.00. The zero-order valence-corrected chi connectivity index (χ0v) is 9.78. The van der Waals surface area contributed by atoms with E-state index in [0.29, 0.717) is 11.3 Å². The van der Waals surface area contributed by atoms with Crippen LogP contribution in [0.2, 0.25) is 0 Å². The summed E-state index contributed by atoms with van der Waals surface area (Å²) in [6, 6.07) is 11.3. The molecule has 1 N–H and O–H groups in total. The first-order valence-corrected chi connectivity index (χ1v) is 5.40. The standard InChI is InChI=1S/C14H13NO2/c1-9(16)12-8-7-11-5-3-4-6-13(11)14(12)15-10(2)17/h3-8H,1-2H3,(H,15,17). The van der Waals surface area contributed by atoms with E-state index in [2.05, 4.69) is 5.32 Å². The normalized spacial score (nSPS) is 10.2. The third-order valence-corrected chi connectivity index (χ3v) is 2.61. The Morgan fingerprint density at radius 1 is 1.00 bits per heavy atom. The minimum Gasteiger partial charge on any atom is -0.325 e. The number of Topliss-reactive ketones (excluding diaryl/α,β-unsaturated/α-hetero) is 1. The number of ketones is 1. The number of benzene rings is 2. The van der Waals surface area contributed by atoms with Gasteiger partial charge in [-0.2, -0.15) is 0 Å². The van der Waals surface area contributed by atoms with Crippen molar-refractivity contribution in [3.05, 3.63) is 42.0 Å². The van der Waals surface area contributed by atoms with Crippen molar-refractivity contribution in [1.82, 2.24) is 0 Å². The zero-order valence-electron chi connectivity index (χ0n) is 9.78. The van der Waals surface area contributed by atoms with Crippen molar-refractivity contribution in [2.24, 2.45) is 0 Å². The molecule has 0 spiro atoms. The number of hydrogen-bond donors (Lipinski definition) is 1. The monoisotopic (exact) mass is 227 g/mol. The lowest BCUT2D eigenvalue weighted by molar-refractivity contribution is -0.114. The molecule has 0 radical (unpaired) electrons. The quantitative estimate of drug-likeness (QED) is 0.801. The Balaban J connectivity index is 2.74. The summed E-state index contributed by atoms with van der Waals surface area (Å²) < 4.78 is 0. The molecular formula is C14H13NO2. The van der Waals surface area contributed by atoms with Gasteiger partial charge in [0.1, 0.15) is 0 Å². The third-order valence-electron chi connectivity index (χ3n) is 2.61. The molecule has 3 heteroatoms. The molecule has 0 saturated heterocycles. The molecule has 2 rings (SSSR count). The van der Waals surface area contributed by atoms with Gasteiger partial charge in [0.2, 0.25) is 5.91 Å². The molecule has 1 amide bonds. The number of carbonyl (C=O) groups is 2. The van der Waals surface area contributed by atoms with E-state index in [9.17, 15) is 9.59 Å². The number of amides is 1. The molecular weight excluding hydrogens is 214 g/mol. The van der Waals surface area contributed by atoms with E-state index in [0.717, 1.165) is 10.8 Å². The smallest absolute Gasteiger partial charge is 0.221 e. The Bertz CT molecular complexity index is 602. The van der Waals surface area contributed by atoms with Gasteiger partial charge >= 0.3 is 0 Å². The molecule has 0 fully saturated rings. The molecule has 2 aromatic rings. The lowest BCUT2D eigenvalue weighted by atomic mass is 10.0. The van der Waals surface area contributed by atoms with Crippen molar-refractivity contribution >= 4 is 28.2 Å². The van der Waals surface area contributed by atoms with Crippen LogP contribution in [0.5, 0.6) is 0 Å². The van der Waals surface area contributed by atoms with Crippen LogP contribution in [0, 0.1) is 0 Å². The van der Waals surface area contributed by atoms with E-state index >= 15 is 0 Å². The third kappa shape index (κ3) is 2.18. The first kappa shape index (κ1) is 11.3. The van der Waals surface area contributed by atoms with E-state index in [1.165, 1.54) is 13.8 Å². The number of anilines is 1.